The Balaban J connectivity index is 1.21. The summed E-state index contributed by atoms with van der Waals surface area (Å²) in [4.78, 5) is 2.48. The highest BCUT2D eigenvalue weighted by Crippen LogP contribution is 2.55. The number of nitrogens with zero attached hydrogens (tertiary/aromatic N) is 2. The van der Waals surface area contributed by atoms with Crippen LogP contribution in [0.25, 0.3) is 88.5 Å². The molecule has 10 aromatic rings. The van der Waals surface area contributed by atoms with Crippen molar-refractivity contribution >= 4 is 66.5 Å². The van der Waals surface area contributed by atoms with Gasteiger partial charge in [-0.3, -0.25) is 0 Å². The van der Waals surface area contributed by atoms with Gasteiger partial charge in [-0.05, 0) is 104 Å². The Morgan fingerprint density at radius 3 is 2.09 bits per heavy atom. The zero-order valence-electron chi connectivity index (χ0n) is 31.7. The van der Waals surface area contributed by atoms with E-state index in [9.17, 15) is 0 Å². The number of fused-ring (bicyclic) bond motifs is 7. The molecule has 11 rings (SSSR count). The highest BCUT2D eigenvalue weighted by atomic mass is 15.1. The molecule has 0 saturated carbocycles. The Morgan fingerprint density at radius 2 is 1.19 bits per heavy atom. The molecule has 0 N–H and O–H groups in total. The molecular formula is C55H38N2. The van der Waals surface area contributed by atoms with Gasteiger partial charge in [0.1, 0.15) is 0 Å². The van der Waals surface area contributed by atoms with Gasteiger partial charge in [0, 0.05) is 33.3 Å². The quantitative estimate of drug-likeness (QED) is 0.148. The first-order chi connectivity index (χ1) is 28.2. The minimum Gasteiger partial charge on any atom is -0.310 e. The molecule has 0 atom stereocenters. The lowest BCUT2D eigenvalue weighted by Gasteiger charge is -2.28. The van der Waals surface area contributed by atoms with Crippen molar-refractivity contribution in [1.82, 2.24) is 4.57 Å². The zero-order chi connectivity index (χ0) is 38.0. The summed E-state index contributed by atoms with van der Waals surface area (Å²) in [6.07, 6.45) is 6.14. The van der Waals surface area contributed by atoms with Gasteiger partial charge in [0.05, 0.1) is 22.4 Å². The Hall–Kier alpha value is -7.42. The SMILES string of the molecule is C=C/C=C\c1c(C)cc2cccc3c2c1-c1cccc(N(c2ccc4ccccc4c2)c2ccc4c5ccccc5n(-c5ccccc5-c5ccccc5)c4c2)c1-3. The molecule has 1 heterocycles. The van der Waals surface area contributed by atoms with Gasteiger partial charge in [-0.15, -0.1) is 0 Å². The molecule has 9 aromatic carbocycles. The smallest absolute Gasteiger partial charge is 0.0562 e. The second-order valence-electron chi connectivity index (χ2n) is 15.0. The molecule has 1 aliphatic carbocycles. The van der Waals surface area contributed by atoms with Gasteiger partial charge in [0.15, 0.2) is 0 Å². The van der Waals surface area contributed by atoms with Gasteiger partial charge in [0.2, 0.25) is 0 Å². The molecule has 268 valence electrons. The molecule has 0 bridgehead atoms. The van der Waals surface area contributed by atoms with Crippen LogP contribution in [0.3, 0.4) is 0 Å². The topological polar surface area (TPSA) is 8.17 Å². The summed E-state index contributed by atoms with van der Waals surface area (Å²) in [5.74, 6) is 0. The first-order valence-electron chi connectivity index (χ1n) is 19.6. The van der Waals surface area contributed by atoms with Crippen molar-refractivity contribution < 1.29 is 0 Å². The van der Waals surface area contributed by atoms with E-state index in [4.69, 9.17) is 0 Å². The molecule has 0 amide bonds. The van der Waals surface area contributed by atoms with E-state index in [0.29, 0.717) is 0 Å². The Labute approximate surface area is 332 Å². The fourth-order valence-electron chi connectivity index (χ4n) is 9.33. The predicted molar refractivity (Wildman–Crippen MR) is 244 cm³/mol. The maximum absolute atomic E-state index is 3.99. The van der Waals surface area contributed by atoms with Gasteiger partial charge >= 0.3 is 0 Å². The first-order valence-corrected chi connectivity index (χ1v) is 19.6. The predicted octanol–water partition coefficient (Wildman–Crippen LogP) is 15.4. The van der Waals surface area contributed by atoms with Crippen LogP contribution in [0.1, 0.15) is 11.1 Å². The summed E-state index contributed by atoms with van der Waals surface area (Å²) in [6, 6.07) is 66.8. The number of aryl methyl sites for hydroxylation is 1. The van der Waals surface area contributed by atoms with Crippen LogP contribution in [0.15, 0.2) is 201 Å². The van der Waals surface area contributed by atoms with E-state index >= 15 is 0 Å². The third-order valence-corrected chi connectivity index (χ3v) is 11.8. The fourth-order valence-corrected chi connectivity index (χ4v) is 9.33. The number of allylic oxidation sites excluding steroid dienone is 2. The van der Waals surface area contributed by atoms with Crippen molar-refractivity contribution in [3.8, 4) is 39.1 Å². The van der Waals surface area contributed by atoms with Gasteiger partial charge in [-0.1, -0.05) is 164 Å². The fraction of sp³-hybridized carbons (Fsp3) is 0.0182. The Kier molecular flexibility index (Phi) is 7.58. The highest BCUT2D eigenvalue weighted by Gasteiger charge is 2.30. The minimum absolute atomic E-state index is 1.10. The largest absolute Gasteiger partial charge is 0.310 e. The third kappa shape index (κ3) is 5.11. The summed E-state index contributed by atoms with van der Waals surface area (Å²) in [5, 5.41) is 7.45. The molecule has 1 aromatic heterocycles. The number of aromatic nitrogens is 1. The van der Waals surface area contributed by atoms with Gasteiger partial charge in [0.25, 0.3) is 0 Å². The Bertz CT molecular complexity index is 3270. The van der Waals surface area contributed by atoms with Crippen LogP contribution in [0.2, 0.25) is 0 Å². The molecule has 2 nitrogen and oxygen atoms in total. The van der Waals surface area contributed by atoms with Crippen LogP contribution in [0.5, 0.6) is 0 Å². The van der Waals surface area contributed by atoms with Crippen molar-refractivity contribution in [3.63, 3.8) is 0 Å². The maximum Gasteiger partial charge on any atom is 0.0562 e. The van der Waals surface area contributed by atoms with Crippen LogP contribution in [-0.4, -0.2) is 4.57 Å². The van der Waals surface area contributed by atoms with Crippen molar-refractivity contribution in [2.45, 2.75) is 6.92 Å². The highest BCUT2D eigenvalue weighted by molar-refractivity contribution is 6.21. The minimum atomic E-state index is 1.10. The van der Waals surface area contributed by atoms with E-state index < -0.39 is 0 Å². The van der Waals surface area contributed by atoms with E-state index in [0.717, 1.165) is 28.3 Å². The molecular weight excluding hydrogens is 689 g/mol. The number of hydrogen-bond donors (Lipinski definition) is 0. The number of hydrogen-bond acceptors (Lipinski definition) is 1. The summed E-state index contributed by atoms with van der Waals surface area (Å²) in [5.41, 5.74) is 16.8. The second kappa shape index (κ2) is 13.1. The lowest BCUT2D eigenvalue weighted by molar-refractivity contribution is 1.18. The molecule has 0 fully saturated rings. The zero-order valence-corrected chi connectivity index (χ0v) is 31.7. The summed E-state index contributed by atoms with van der Waals surface area (Å²) in [6.45, 7) is 6.21. The van der Waals surface area contributed by atoms with E-state index in [1.54, 1.807) is 0 Å². The van der Waals surface area contributed by atoms with E-state index in [2.05, 4.69) is 217 Å². The van der Waals surface area contributed by atoms with Crippen LogP contribution in [-0.2, 0) is 0 Å². The van der Waals surface area contributed by atoms with Crippen molar-refractivity contribution in [2.24, 2.45) is 0 Å². The normalized spacial score (nSPS) is 11.9. The summed E-state index contributed by atoms with van der Waals surface area (Å²) >= 11 is 0. The third-order valence-electron chi connectivity index (χ3n) is 11.8. The van der Waals surface area contributed by atoms with Gasteiger partial charge in [-0.25, -0.2) is 0 Å². The van der Waals surface area contributed by atoms with Gasteiger partial charge < -0.3 is 9.47 Å². The molecule has 0 unspecified atom stereocenters. The summed E-state index contributed by atoms with van der Waals surface area (Å²) < 4.78 is 2.46. The molecule has 0 aliphatic heterocycles. The number of anilines is 3. The monoisotopic (exact) mass is 726 g/mol. The molecule has 0 saturated heterocycles. The molecule has 2 heteroatoms. The standard InChI is InChI=1S/C55H38N2/c1-3-4-21-43-36(2)33-40-20-14-24-47-53(40)55(43)48-25-15-28-51(54(47)48)56(41-30-29-37-16-8-9-19-39(37)34-41)42-31-32-46-45-23-11-13-27-50(45)57(52(46)35-42)49-26-12-10-22-44(49)38-17-6-5-7-18-38/h3-35H,1H2,2H3/b21-4-. The molecule has 0 radical (unpaired) electrons. The molecule has 0 spiro atoms. The second-order valence-corrected chi connectivity index (χ2v) is 15.0. The van der Waals surface area contributed by atoms with Crippen LogP contribution in [0.4, 0.5) is 17.1 Å². The average molecular weight is 727 g/mol. The molecule has 57 heavy (non-hydrogen) atoms. The van der Waals surface area contributed by atoms with E-state index in [1.165, 1.54) is 82.3 Å². The number of benzene rings is 9. The van der Waals surface area contributed by atoms with Crippen LogP contribution >= 0.6 is 0 Å². The maximum atomic E-state index is 3.99. The van der Waals surface area contributed by atoms with Gasteiger partial charge in [-0.2, -0.15) is 0 Å². The first kappa shape index (κ1) is 33.0. The van der Waals surface area contributed by atoms with E-state index in [-0.39, 0.29) is 0 Å². The van der Waals surface area contributed by atoms with E-state index in [1.807, 2.05) is 6.08 Å². The average Bonchev–Trinajstić information content (AvgIpc) is 3.78. The van der Waals surface area contributed by atoms with Crippen LogP contribution in [0, 0.1) is 6.92 Å². The lowest BCUT2D eigenvalue weighted by Crippen LogP contribution is -2.11. The Morgan fingerprint density at radius 1 is 0.509 bits per heavy atom. The van der Waals surface area contributed by atoms with Crippen molar-refractivity contribution in [2.75, 3.05) is 4.90 Å². The lowest BCUT2D eigenvalue weighted by atomic mass is 9.93. The number of para-hydroxylation sites is 2. The molecule has 1 aliphatic rings. The van der Waals surface area contributed by atoms with Crippen molar-refractivity contribution in [3.05, 3.63) is 212 Å². The van der Waals surface area contributed by atoms with Crippen LogP contribution < -0.4 is 4.90 Å². The summed E-state index contributed by atoms with van der Waals surface area (Å²) in [7, 11) is 0. The van der Waals surface area contributed by atoms with Crippen molar-refractivity contribution in [1.29, 1.82) is 0 Å². The number of rotatable bonds is 7.